The molecule has 4 heteroatoms. The van der Waals surface area contributed by atoms with Crippen molar-refractivity contribution >= 4 is 33.2 Å². The van der Waals surface area contributed by atoms with Crippen LogP contribution in [0.1, 0.15) is 12.5 Å². The van der Waals surface area contributed by atoms with Crippen molar-refractivity contribution in [2.75, 3.05) is 16.8 Å². The van der Waals surface area contributed by atoms with E-state index in [4.69, 9.17) is 0 Å². The third-order valence-corrected chi connectivity index (χ3v) is 4.50. The number of nitrogens with zero attached hydrogens (tertiary/aromatic N) is 1. The Morgan fingerprint density at radius 2 is 1.95 bits per heavy atom. The summed E-state index contributed by atoms with van der Waals surface area (Å²) in [4.78, 5) is 14.5. The van der Waals surface area contributed by atoms with Crippen molar-refractivity contribution in [1.82, 2.24) is 0 Å². The molecular weight excluding hydrogens is 328 g/mol. The van der Waals surface area contributed by atoms with Crippen molar-refractivity contribution in [3.05, 3.63) is 58.6 Å². The Balaban J connectivity index is 1.72. The highest BCUT2D eigenvalue weighted by molar-refractivity contribution is 9.10. The van der Waals surface area contributed by atoms with Crippen molar-refractivity contribution in [3.8, 4) is 0 Å². The molecule has 0 saturated carbocycles. The molecule has 1 amide bonds. The Morgan fingerprint density at radius 3 is 2.76 bits per heavy atom. The topological polar surface area (TPSA) is 32.3 Å². The molecule has 0 saturated heterocycles. The van der Waals surface area contributed by atoms with Crippen LogP contribution in [0.15, 0.2) is 53.0 Å². The SMILES string of the molecule is CC1Cc2ccccc2N1CC(=O)Nc1ccccc1Br. The number of hydrogen-bond acceptors (Lipinski definition) is 2. The molecule has 0 spiro atoms. The van der Waals surface area contributed by atoms with Crippen molar-refractivity contribution in [2.45, 2.75) is 19.4 Å². The van der Waals surface area contributed by atoms with Gasteiger partial charge in [0.25, 0.3) is 0 Å². The minimum Gasteiger partial charge on any atom is -0.359 e. The molecule has 1 aliphatic rings. The molecule has 2 aromatic carbocycles. The molecule has 1 heterocycles. The van der Waals surface area contributed by atoms with Gasteiger partial charge in [0, 0.05) is 16.2 Å². The number of carbonyl (C=O) groups excluding carboxylic acids is 1. The first-order valence-electron chi connectivity index (χ1n) is 7.04. The van der Waals surface area contributed by atoms with Gasteiger partial charge in [-0.3, -0.25) is 4.79 Å². The maximum absolute atomic E-state index is 12.3. The van der Waals surface area contributed by atoms with Crippen LogP contribution in [0.2, 0.25) is 0 Å². The molecule has 0 aromatic heterocycles. The molecule has 3 rings (SSSR count). The lowest BCUT2D eigenvalue weighted by molar-refractivity contribution is -0.115. The standard InChI is InChI=1S/C17H17BrN2O/c1-12-10-13-6-2-5-9-16(13)20(12)11-17(21)19-15-8-4-3-7-14(15)18/h2-9,12H,10-11H2,1H3,(H,19,21). The van der Waals surface area contributed by atoms with E-state index in [1.54, 1.807) is 0 Å². The number of hydrogen-bond donors (Lipinski definition) is 1. The zero-order valence-corrected chi connectivity index (χ0v) is 13.4. The number of fused-ring (bicyclic) bond motifs is 1. The summed E-state index contributed by atoms with van der Waals surface area (Å²) in [6, 6.07) is 16.3. The first-order chi connectivity index (χ1) is 10.1. The second kappa shape index (κ2) is 5.90. The van der Waals surface area contributed by atoms with Gasteiger partial charge in [0.05, 0.1) is 12.2 Å². The quantitative estimate of drug-likeness (QED) is 0.917. The van der Waals surface area contributed by atoms with E-state index in [1.165, 1.54) is 11.3 Å². The monoisotopic (exact) mass is 344 g/mol. The largest absolute Gasteiger partial charge is 0.359 e. The average molecular weight is 345 g/mol. The molecule has 1 atom stereocenters. The normalized spacial score (nSPS) is 16.7. The lowest BCUT2D eigenvalue weighted by Crippen LogP contribution is -2.37. The molecule has 3 nitrogen and oxygen atoms in total. The Morgan fingerprint density at radius 1 is 1.24 bits per heavy atom. The van der Waals surface area contributed by atoms with Crippen LogP contribution in [0.4, 0.5) is 11.4 Å². The van der Waals surface area contributed by atoms with E-state index in [0.29, 0.717) is 12.6 Å². The average Bonchev–Trinajstić information content (AvgIpc) is 2.78. The molecule has 21 heavy (non-hydrogen) atoms. The summed E-state index contributed by atoms with van der Waals surface area (Å²) in [7, 11) is 0. The Kier molecular flexibility index (Phi) is 3.97. The zero-order chi connectivity index (χ0) is 14.8. The summed E-state index contributed by atoms with van der Waals surface area (Å²) in [5.74, 6) is 0.00505. The number of benzene rings is 2. The van der Waals surface area contributed by atoms with Gasteiger partial charge in [0.15, 0.2) is 0 Å². The van der Waals surface area contributed by atoms with Crippen LogP contribution in [-0.4, -0.2) is 18.5 Å². The van der Waals surface area contributed by atoms with Gasteiger partial charge in [-0.15, -0.1) is 0 Å². The fourth-order valence-corrected chi connectivity index (χ4v) is 3.16. The Hall–Kier alpha value is -1.81. The van der Waals surface area contributed by atoms with E-state index in [0.717, 1.165) is 16.6 Å². The minimum absolute atomic E-state index is 0.00505. The molecule has 0 aliphatic carbocycles. The number of nitrogens with one attached hydrogen (secondary N) is 1. The summed E-state index contributed by atoms with van der Waals surface area (Å²) in [5, 5.41) is 2.96. The third-order valence-electron chi connectivity index (χ3n) is 3.81. The number of anilines is 2. The maximum atomic E-state index is 12.3. The second-order valence-corrected chi connectivity index (χ2v) is 6.19. The van der Waals surface area contributed by atoms with Crippen LogP contribution >= 0.6 is 15.9 Å². The fraction of sp³-hybridized carbons (Fsp3) is 0.235. The molecule has 1 unspecified atom stereocenters. The van der Waals surface area contributed by atoms with E-state index in [2.05, 4.69) is 51.3 Å². The van der Waals surface area contributed by atoms with Crippen LogP contribution < -0.4 is 10.2 Å². The molecule has 108 valence electrons. The smallest absolute Gasteiger partial charge is 0.243 e. The molecule has 0 radical (unpaired) electrons. The van der Waals surface area contributed by atoms with Gasteiger partial charge >= 0.3 is 0 Å². The van der Waals surface area contributed by atoms with Crippen molar-refractivity contribution in [3.63, 3.8) is 0 Å². The molecule has 1 aliphatic heterocycles. The van der Waals surface area contributed by atoms with Crippen LogP contribution in [0.3, 0.4) is 0 Å². The Labute approximate surface area is 133 Å². The van der Waals surface area contributed by atoms with Gasteiger partial charge in [0.1, 0.15) is 0 Å². The fourth-order valence-electron chi connectivity index (χ4n) is 2.78. The summed E-state index contributed by atoms with van der Waals surface area (Å²) in [5.41, 5.74) is 3.30. The van der Waals surface area contributed by atoms with Crippen molar-refractivity contribution < 1.29 is 4.79 Å². The highest BCUT2D eigenvalue weighted by Crippen LogP contribution is 2.31. The summed E-state index contributed by atoms with van der Waals surface area (Å²) in [6.45, 7) is 2.53. The minimum atomic E-state index is 0.00505. The predicted molar refractivity (Wildman–Crippen MR) is 89.7 cm³/mol. The number of carbonyl (C=O) groups is 1. The summed E-state index contributed by atoms with van der Waals surface area (Å²) in [6.07, 6.45) is 0.998. The van der Waals surface area contributed by atoms with E-state index in [9.17, 15) is 4.79 Å². The first-order valence-corrected chi connectivity index (χ1v) is 7.83. The highest BCUT2D eigenvalue weighted by atomic mass is 79.9. The van der Waals surface area contributed by atoms with Crippen LogP contribution in [-0.2, 0) is 11.2 Å². The van der Waals surface area contributed by atoms with Gasteiger partial charge in [0.2, 0.25) is 5.91 Å². The van der Waals surface area contributed by atoms with E-state index >= 15 is 0 Å². The summed E-state index contributed by atoms with van der Waals surface area (Å²) >= 11 is 3.45. The van der Waals surface area contributed by atoms with Crippen LogP contribution in [0.25, 0.3) is 0 Å². The van der Waals surface area contributed by atoms with Gasteiger partial charge < -0.3 is 10.2 Å². The number of amides is 1. The van der Waals surface area contributed by atoms with Crippen molar-refractivity contribution in [1.29, 1.82) is 0 Å². The number of rotatable bonds is 3. The second-order valence-electron chi connectivity index (χ2n) is 5.34. The molecule has 0 fully saturated rings. The molecule has 0 bridgehead atoms. The first kappa shape index (κ1) is 14.1. The van der Waals surface area contributed by atoms with Crippen LogP contribution in [0.5, 0.6) is 0 Å². The number of halogens is 1. The van der Waals surface area contributed by atoms with Crippen LogP contribution in [0, 0.1) is 0 Å². The molecular formula is C17H17BrN2O. The molecule has 2 aromatic rings. The van der Waals surface area contributed by atoms with Crippen molar-refractivity contribution in [2.24, 2.45) is 0 Å². The van der Waals surface area contributed by atoms with Gasteiger partial charge in [-0.2, -0.15) is 0 Å². The van der Waals surface area contributed by atoms with E-state index in [-0.39, 0.29) is 5.91 Å². The van der Waals surface area contributed by atoms with E-state index < -0.39 is 0 Å². The maximum Gasteiger partial charge on any atom is 0.243 e. The lowest BCUT2D eigenvalue weighted by Gasteiger charge is -2.24. The summed E-state index contributed by atoms with van der Waals surface area (Å²) < 4.78 is 0.897. The van der Waals surface area contributed by atoms with Gasteiger partial charge in [-0.05, 0) is 53.0 Å². The zero-order valence-electron chi connectivity index (χ0n) is 11.8. The lowest BCUT2D eigenvalue weighted by atomic mass is 10.1. The van der Waals surface area contributed by atoms with E-state index in [1.807, 2.05) is 30.3 Å². The number of para-hydroxylation sites is 2. The highest BCUT2D eigenvalue weighted by Gasteiger charge is 2.27. The third kappa shape index (κ3) is 2.95. The van der Waals surface area contributed by atoms with Gasteiger partial charge in [-0.1, -0.05) is 30.3 Å². The predicted octanol–water partition coefficient (Wildman–Crippen LogP) is 3.84. The van der Waals surface area contributed by atoms with Gasteiger partial charge in [-0.25, -0.2) is 0 Å². The molecule has 1 N–H and O–H groups in total. The Bertz CT molecular complexity index is 671.